The first-order valence-corrected chi connectivity index (χ1v) is 5.94. The third kappa shape index (κ3) is 3.03. The molecule has 1 aromatic rings. The Morgan fingerprint density at radius 1 is 1.56 bits per heavy atom. The number of hydrogen-bond donors (Lipinski definition) is 1. The fourth-order valence-corrected chi connectivity index (χ4v) is 1.97. The van der Waals surface area contributed by atoms with Crippen LogP contribution in [-0.4, -0.2) is 24.7 Å². The second-order valence-corrected chi connectivity index (χ2v) is 4.55. The van der Waals surface area contributed by atoms with Gasteiger partial charge in [-0.3, -0.25) is 4.98 Å². The summed E-state index contributed by atoms with van der Waals surface area (Å²) in [6, 6.07) is 4.57. The maximum Gasteiger partial charge on any atom is 0.0618 e. The smallest absolute Gasteiger partial charge is 0.0618 e. The normalized spacial score (nSPS) is 17.4. The van der Waals surface area contributed by atoms with Crippen molar-refractivity contribution in [1.82, 2.24) is 10.3 Å². The van der Waals surface area contributed by atoms with Crippen LogP contribution in [0.3, 0.4) is 0 Å². The van der Waals surface area contributed by atoms with Crippen LogP contribution < -0.4 is 5.32 Å². The first-order chi connectivity index (χ1) is 7.81. The number of ether oxygens (including phenoxy) is 1. The molecule has 0 bridgehead atoms. The van der Waals surface area contributed by atoms with Crippen LogP contribution in [0.5, 0.6) is 0 Å². The Kier molecular flexibility index (Phi) is 3.91. The number of methoxy groups -OCH3 is 1. The van der Waals surface area contributed by atoms with Gasteiger partial charge < -0.3 is 10.1 Å². The van der Waals surface area contributed by atoms with Crippen molar-refractivity contribution >= 4 is 0 Å². The molecular formula is C13H20N2O. The highest BCUT2D eigenvalue weighted by Crippen LogP contribution is 2.32. The Morgan fingerprint density at radius 3 is 3.00 bits per heavy atom. The summed E-state index contributed by atoms with van der Waals surface area (Å²) in [5.74, 6) is 0.809. The van der Waals surface area contributed by atoms with Gasteiger partial charge in [-0.1, -0.05) is 6.07 Å². The lowest BCUT2D eigenvalue weighted by Crippen LogP contribution is -2.35. The first kappa shape index (κ1) is 11.6. The summed E-state index contributed by atoms with van der Waals surface area (Å²) >= 11 is 0. The number of hydrogen-bond acceptors (Lipinski definition) is 3. The molecule has 0 saturated heterocycles. The average molecular weight is 220 g/mol. The van der Waals surface area contributed by atoms with E-state index in [4.69, 9.17) is 4.74 Å². The predicted molar refractivity (Wildman–Crippen MR) is 64.2 cm³/mol. The molecule has 0 radical (unpaired) electrons. The summed E-state index contributed by atoms with van der Waals surface area (Å²) in [5.41, 5.74) is 2.39. The van der Waals surface area contributed by atoms with Crippen molar-refractivity contribution < 1.29 is 4.74 Å². The summed E-state index contributed by atoms with van der Waals surface area (Å²) in [4.78, 5) is 4.39. The molecule has 1 saturated carbocycles. The summed E-state index contributed by atoms with van der Waals surface area (Å²) in [7, 11) is 1.77. The highest BCUT2D eigenvalue weighted by atomic mass is 16.5. The maximum atomic E-state index is 5.24. The van der Waals surface area contributed by atoms with E-state index in [0.717, 1.165) is 24.8 Å². The summed E-state index contributed by atoms with van der Waals surface area (Å²) in [6.45, 7) is 3.75. The second kappa shape index (κ2) is 5.41. The number of aryl methyl sites for hydroxylation is 1. The van der Waals surface area contributed by atoms with Crippen molar-refractivity contribution in [2.24, 2.45) is 5.92 Å². The molecule has 3 nitrogen and oxygen atoms in total. The molecule has 1 aliphatic carbocycles. The van der Waals surface area contributed by atoms with E-state index < -0.39 is 0 Å². The number of rotatable bonds is 6. The fraction of sp³-hybridized carbons (Fsp3) is 0.615. The molecule has 0 aliphatic heterocycles. The van der Waals surface area contributed by atoms with Gasteiger partial charge in [0.15, 0.2) is 0 Å². The SMILES string of the molecule is COCC(NCc1ncccc1C)C1CC1. The zero-order valence-corrected chi connectivity index (χ0v) is 10.1. The largest absolute Gasteiger partial charge is 0.383 e. The quantitative estimate of drug-likeness (QED) is 0.795. The molecule has 88 valence electrons. The van der Waals surface area contributed by atoms with E-state index in [9.17, 15) is 0 Å². The van der Waals surface area contributed by atoms with Crippen molar-refractivity contribution in [3.05, 3.63) is 29.6 Å². The van der Waals surface area contributed by atoms with Crippen LogP contribution in [0.2, 0.25) is 0 Å². The van der Waals surface area contributed by atoms with Crippen LogP contribution in [-0.2, 0) is 11.3 Å². The second-order valence-electron chi connectivity index (χ2n) is 4.55. The highest BCUT2D eigenvalue weighted by molar-refractivity contribution is 5.17. The molecule has 1 fully saturated rings. The van der Waals surface area contributed by atoms with Gasteiger partial charge in [0.1, 0.15) is 0 Å². The van der Waals surface area contributed by atoms with Gasteiger partial charge in [-0.25, -0.2) is 0 Å². The van der Waals surface area contributed by atoms with Crippen molar-refractivity contribution in [3.8, 4) is 0 Å². The predicted octanol–water partition coefficient (Wildman–Crippen LogP) is 1.90. The molecule has 16 heavy (non-hydrogen) atoms. The molecule has 1 unspecified atom stereocenters. The lowest BCUT2D eigenvalue weighted by molar-refractivity contribution is 0.156. The molecule has 0 spiro atoms. The van der Waals surface area contributed by atoms with Gasteiger partial charge >= 0.3 is 0 Å². The molecule has 1 aliphatic rings. The van der Waals surface area contributed by atoms with E-state index in [1.165, 1.54) is 18.4 Å². The van der Waals surface area contributed by atoms with Gasteiger partial charge in [-0.15, -0.1) is 0 Å². The molecule has 2 rings (SSSR count). The van der Waals surface area contributed by atoms with Crippen molar-refractivity contribution in [1.29, 1.82) is 0 Å². The number of aromatic nitrogens is 1. The highest BCUT2D eigenvalue weighted by Gasteiger charge is 2.30. The van der Waals surface area contributed by atoms with E-state index in [-0.39, 0.29) is 0 Å². The van der Waals surface area contributed by atoms with E-state index in [0.29, 0.717) is 6.04 Å². The Balaban J connectivity index is 1.87. The van der Waals surface area contributed by atoms with Gasteiger partial charge in [-0.2, -0.15) is 0 Å². The average Bonchev–Trinajstić information content (AvgIpc) is 3.10. The Labute approximate surface area is 97.2 Å². The zero-order valence-electron chi connectivity index (χ0n) is 10.1. The van der Waals surface area contributed by atoms with Crippen molar-refractivity contribution in [2.45, 2.75) is 32.4 Å². The maximum absolute atomic E-state index is 5.24. The number of nitrogens with one attached hydrogen (secondary N) is 1. The lowest BCUT2D eigenvalue weighted by Gasteiger charge is -2.17. The molecule has 3 heteroatoms. The molecule has 0 aromatic carbocycles. The Morgan fingerprint density at radius 2 is 2.38 bits per heavy atom. The summed E-state index contributed by atoms with van der Waals surface area (Å²) in [5, 5.41) is 3.55. The molecule has 1 aromatic heterocycles. The van der Waals surface area contributed by atoms with Crippen molar-refractivity contribution in [2.75, 3.05) is 13.7 Å². The standard InChI is InChI=1S/C13H20N2O/c1-10-4-3-7-14-12(10)8-15-13(9-16-2)11-5-6-11/h3-4,7,11,13,15H,5-6,8-9H2,1-2H3. The van der Waals surface area contributed by atoms with Gasteiger partial charge in [0, 0.05) is 25.9 Å². The minimum absolute atomic E-state index is 0.492. The zero-order chi connectivity index (χ0) is 11.4. The van der Waals surface area contributed by atoms with Crippen LogP contribution in [0.4, 0.5) is 0 Å². The Hall–Kier alpha value is -0.930. The summed E-state index contributed by atoms with van der Waals surface area (Å²) in [6.07, 6.45) is 4.52. The van der Waals surface area contributed by atoms with Crippen LogP contribution in [0.25, 0.3) is 0 Å². The van der Waals surface area contributed by atoms with Crippen molar-refractivity contribution in [3.63, 3.8) is 0 Å². The van der Waals surface area contributed by atoms with Gasteiger partial charge in [0.2, 0.25) is 0 Å². The third-order valence-corrected chi connectivity index (χ3v) is 3.19. The van der Waals surface area contributed by atoms with Gasteiger partial charge in [0.05, 0.1) is 12.3 Å². The topological polar surface area (TPSA) is 34.1 Å². The molecule has 0 amide bonds. The van der Waals surface area contributed by atoms with Gasteiger partial charge in [0.25, 0.3) is 0 Å². The molecule has 1 heterocycles. The molecule has 1 atom stereocenters. The van der Waals surface area contributed by atoms with Crippen LogP contribution in [0, 0.1) is 12.8 Å². The monoisotopic (exact) mass is 220 g/mol. The van der Waals surface area contributed by atoms with Crippen LogP contribution in [0.15, 0.2) is 18.3 Å². The minimum atomic E-state index is 0.492. The van der Waals surface area contributed by atoms with E-state index >= 15 is 0 Å². The van der Waals surface area contributed by atoms with Crippen LogP contribution >= 0.6 is 0 Å². The lowest BCUT2D eigenvalue weighted by atomic mass is 10.1. The number of nitrogens with zero attached hydrogens (tertiary/aromatic N) is 1. The van der Waals surface area contributed by atoms with E-state index in [1.807, 2.05) is 12.3 Å². The summed E-state index contributed by atoms with van der Waals surface area (Å²) < 4.78 is 5.24. The first-order valence-electron chi connectivity index (χ1n) is 5.94. The van der Waals surface area contributed by atoms with Crippen LogP contribution in [0.1, 0.15) is 24.1 Å². The van der Waals surface area contributed by atoms with E-state index in [2.05, 4.69) is 23.3 Å². The molecule has 1 N–H and O–H groups in total. The molecular weight excluding hydrogens is 200 g/mol. The minimum Gasteiger partial charge on any atom is -0.383 e. The van der Waals surface area contributed by atoms with E-state index in [1.54, 1.807) is 7.11 Å². The Bertz CT molecular complexity index is 336. The fourth-order valence-electron chi connectivity index (χ4n) is 1.97. The third-order valence-electron chi connectivity index (χ3n) is 3.19. The number of pyridine rings is 1. The van der Waals surface area contributed by atoms with Gasteiger partial charge in [-0.05, 0) is 37.3 Å².